The summed E-state index contributed by atoms with van der Waals surface area (Å²) >= 11 is 0. The standard InChI is InChI=1S/C26H44N4O5/c1-20-31-15-11-24(34-20)18-30(19-25-12-16-32-21(2)35-25)14-17-33-23-9-7-22(8-10-23)6-4-5-13-29-26(27)28-3/h7-10,20-21,24-25H,4-6,11-19H2,1-3H3,(H3,27,28,29). The molecule has 198 valence electrons. The molecule has 0 bridgehead atoms. The molecule has 4 unspecified atom stereocenters. The minimum absolute atomic E-state index is 0.149. The van der Waals surface area contributed by atoms with Gasteiger partial charge >= 0.3 is 0 Å². The Morgan fingerprint density at radius 3 is 2.23 bits per heavy atom. The van der Waals surface area contributed by atoms with Crippen LogP contribution in [0.1, 0.15) is 45.1 Å². The van der Waals surface area contributed by atoms with E-state index in [2.05, 4.69) is 39.5 Å². The second-order valence-corrected chi connectivity index (χ2v) is 9.22. The molecule has 2 aliphatic rings. The lowest BCUT2D eigenvalue weighted by Gasteiger charge is -2.36. The van der Waals surface area contributed by atoms with Crippen LogP contribution >= 0.6 is 0 Å². The third kappa shape index (κ3) is 10.7. The van der Waals surface area contributed by atoms with Crippen LogP contribution in [0.4, 0.5) is 0 Å². The Labute approximate surface area is 210 Å². The van der Waals surface area contributed by atoms with Gasteiger partial charge in [-0.15, -0.1) is 0 Å². The summed E-state index contributed by atoms with van der Waals surface area (Å²) in [6.45, 7) is 9.35. The highest BCUT2D eigenvalue weighted by atomic mass is 16.7. The molecule has 1 aromatic carbocycles. The number of nitrogens with two attached hydrogens (primary N) is 1. The molecule has 4 atom stereocenters. The fraction of sp³-hybridized carbons (Fsp3) is 0.731. The van der Waals surface area contributed by atoms with Crippen molar-refractivity contribution in [1.82, 2.24) is 10.2 Å². The lowest BCUT2D eigenvalue weighted by Crippen LogP contribution is -2.46. The van der Waals surface area contributed by atoms with E-state index in [1.54, 1.807) is 7.05 Å². The van der Waals surface area contributed by atoms with E-state index in [1.165, 1.54) is 5.56 Å². The van der Waals surface area contributed by atoms with Gasteiger partial charge in [0, 0.05) is 33.2 Å². The van der Waals surface area contributed by atoms with Crippen molar-refractivity contribution in [2.45, 2.75) is 70.7 Å². The zero-order chi connectivity index (χ0) is 24.9. The quantitative estimate of drug-likeness (QED) is 0.246. The van der Waals surface area contributed by atoms with Crippen LogP contribution in [0.2, 0.25) is 0 Å². The monoisotopic (exact) mass is 492 g/mol. The fourth-order valence-corrected chi connectivity index (χ4v) is 4.38. The number of aryl methyl sites for hydroxylation is 1. The number of hydrogen-bond acceptors (Lipinski definition) is 7. The normalized spacial score (nSPS) is 25.5. The van der Waals surface area contributed by atoms with E-state index in [-0.39, 0.29) is 24.8 Å². The first-order chi connectivity index (χ1) is 17.0. The molecule has 1 aromatic rings. The molecular formula is C26H44N4O5. The van der Waals surface area contributed by atoms with Crippen molar-refractivity contribution >= 4 is 5.96 Å². The predicted molar refractivity (Wildman–Crippen MR) is 137 cm³/mol. The van der Waals surface area contributed by atoms with Gasteiger partial charge in [0.25, 0.3) is 0 Å². The van der Waals surface area contributed by atoms with Crippen LogP contribution in [-0.2, 0) is 25.4 Å². The summed E-state index contributed by atoms with van der Waals surface area (Å²) in [5, 5.41) is 3.09. The summed E-state index contributed by atoms with van der Waals surface area (Å²) in [6.07, 6.45) is 5.02. The minimum Gasteiger partial charge on any atom is -0.492 e. The van der Waals surface area contributed by atoms with E-state index >= 15 is 0 Å². The average Bonchev–Trinajstić information content (AvgIpc) is 2.84. The predicted octanol–water partition coefficient (Wildman–Crippen LogP) is 2.53. The summed E-state index contributed by atoms with van der Waals surface area (Å²) in [6, 6.07) is 8.42. The molecule has 9 heteroatoms. The molecule has 35 heavy (non-hydrogen) atoms. The number of rotatable bonds is 13. The number of guanidine groups is 1. The van der Waals surface area contributed by atoms with Crippen LogP contribution < -0.4 is 15.8 Å². The van der Waals surface area contributed by atoms with Gasteiger partial charge < -0.3 is 34.7 Å². The Bertz CT molecular complexity index is 724. The van der Waals surface area contributed by atoms with Crippen LogP contribution in [0.5, 0.6) is 5.75 Å². The van der Waals surface area contributed by atoms with Crippen molar-refractivity contribution in [3.8, 4) is 5.75 Å². The van der Waals surface area contributed by atoms with Gasteiger partial charge in [0.05, 0.1) is 25.4 Å². The first-order valence-corrected chi connectivity index (χ1v) is 13.0. The molecule has 9 nitrogen and oxygen atoms in total. The minimum atomic E-state index is -0.149. The number of nitrogens with zero attached hydrogens (tertiary/aromatic N) is 2. The summed E-state index contributed by atoms with van der Waals surface area (Å²) in [7, 11) is 1.69. The number of ether oxygens (including phenoxy) is 5. The van der Waals surface area contributed by atoms with E-state index in [0.717, 1.165) is 77.2 Å². The topological polar surface area (TPSA) is 99.8 Å². The number of nitrogens with one attached hydrogen (secondary N) is 1. The van der Waals surface area contributed by atoms with Gasteiger partial charge in [0.15, 0.2) is 18.5 Å². The lowest BCUT2D eigenvalue weighted by molar-refractivity contribution is -0.216. The maximum absolute atomic E-state index is 6.08. The van der Waals surface area contributed by atoms with Gasteiger partial charge in [0.1, 0.15) is 12.4 Å². The van der Waals surface area contributed by atoms with Crippen LogP contribution in [0.15, 0.2) is 29.3 Å². The SMILES string of the molecule is CN=C(N)NCCCCc1ccc(OCCN(CC2CCOC(C)O2)CC2CCOC(C)O2)cc1. The van der Waals surface area contributed by atoms with Gasteiger partial charge in [-0.3, -0.25) is 9.89 Å². The average molecular weight is 493 g/mol. The highest BCUT2D eigenvalue weighted by molar-refractivity contribution is 5.77. The molecule has 3 N–H and O–H groups in total. The zero-order valence-electron chi connectivity index (χ0n) is 21.6. The van der Waals surface area contributed by atoms with Crippen molar-refractivity contribution in [3.63, 3.8) is 0 Å². The van der Waals surface area contributed by atoms with Crippen molar-refractivity contribution < 1.29 is 23.7 Å². The van der Waals surface area contributed by atoms with Crippen LogP contribution in [-0.4, -0.2) is 88.7 Å². The van der Waals surface area contributed by atoms with Crippen LogP contribution in [0, 0.1) is 0 Å². The third-order valence-corrected chi connectivity index (χ3v) is 6.32. The van der Waals surface area contributed by atoms with Crippen LogP contribution in [0.3, 0.4) is 0 Å². The van der Waals surface area contributed by atoms with Crippen molar-refractivity contribution in [2.24, 2.45) is 10.7 Å². The van der Waals surface area contributed by atoms with E-state index in [4.69, 9.17) is 29.4 Å². The number of aliphatic imine (C=N–C) groups is 1. The maximum Gasteiger partial charge on any atom is 0.188 e. The molecule has 3 rings (SSSR count). The molecule has 2 saturated heterocycles. The Hall–Kier alpha value is -1.91. The summed E-state index contributed by atoms with van der Waals surface area (Å²) in [4.78, 5) is 6.29. The largest absolute Gasteiger partial charge is 0.492 e. The molecule has 0 aliphatic carbocycles. The van der Waals surface area contributed by atoms with E-state index in [9.17, 15) is 0 Å². The molecule has 0 spiro atoms. The molecule has 2 heterocycles. The Morgan fingerprint density at radius 2 is 1.66 bits per heavy atom. The second-order valence-electron chi connectivity index (χ2n) is 9.22. The Balaban J connectivity index is 1.41. The summed E-state index contributed by atoms with van der Waals surface area (Å²) in [5.74, 6) is 1.39. The molecule has 0 saturated carbocycles. The highest BCUT2D eigenvalue weighted by Crippen LogP contribution is 2.18. The Kier molecular flexibility index (Phi) is 12.1. The van der Waals surface area contributed by atoms with Gasteiger partial charge in [-0.25, -0.2) is 0 Å². The molecule has 0 aromatic heterocycles. The highest BCUT2D eigenvalue weighted by Gasteiger charge is 2.26. The molecular weight excluding hydrogens is 448 g/mol. The summed E-state index contributed by atoms with van der Waals surface area (Å²) < 4.78 is 29.1. The third-order valence-electron chi connectivity index (χ3n) is 6.32. The molecule has 0 amide bonds. The maximum atomic E-state index is 6.08. The van der Waals surface area contributed by atoms with Crippen molar-refractivity contribution in [1.29, 1.82) is 0 Å². The summed E-state index contributed by atoms with van der Waals surface area (Å²) in [5.41, 5.74) is 6.96. The molecule has 0 radical (unpaired) electrons. The second kappa shape index (κ2) is 15.3. The Morgan fingerprint density at radius 1 is 1.03 bits per heavy atom. The van der Waals surface area contributed by atoms with Crippen molar-refractivity contribution in [2.75, 3.05) is 53.0 Å². The van der Waals surface area contributed by atoms with Gasteiger partial charge in [-0.2, -0.15) is 0 Å². The van der Waals surface area contributed by atoms with Gasteiger partial charge in [0.2, 0.25) is 0 Å². The van der Waals surface area contributed by atoms with E-state index in [0.29, 0.717) is 12.6 Å². The number of unbranched alkanes of at least 4 members (excludes halogenated alkanes) is 1. The van der Waals surface area contributed by atoms with Crippen LogP contribution in [0.25, 0.3) is 0 Å². The smallest absolute Gasteiger partial charge is 0.188 e. The first kappa shape index (κ1) is 27.7. The van der Waals surface area contributed by atoms with Gasteiger partial charge in [-0.05, 0) is 63.6 Å². The fourth-order valence-electron chi connectivity index (χ4n) is 4.38. The number of benzene rings is 1. The van der Waals surface area contributed by atoms with E-state index in [1.807, 2.05) is 13.8 Å². The van der Waals surface area contributed by atoms with Crippen molar-refractivity contribution in [3.05, 3.63) is 29.8 Å². The molecule has 2 fully saturated rings. The number of hydrogen-bond donors (Lipinski definition) is 2. The zero-order valence-corrected chi connectivity index (χ0v) is 21.6. The molecule has 2 aliphatic heterocycles. The lowest BCUT2D eigenvalue weighted by atomic mass is 10.1. The van der Waals surface area contributed by atoms with E-state index < -0.39 is 0 Å². The van der Waals surface area contributed by atoms with Gasteiger partial charge in [-0.1, -0.05) is 12.1 Å². The first-order valence-electron chi connectivity index (χ1n) is 13.0.